The van der Waals surface area contributed by atoms with Crippen molar-refractivity contribution in [2.75, 3.05) is 26.3 Å². The van der Waals surface area contributed by atoms with Crippen molar-refractivity contribution in [3.8, 4) is 0 Å². The molecule has 1 aliphatic heterocycles. The number of rotatable bonds is 6. The third-order valence-corrected chi connectivity index (χ3v) is 5.32. The number of nitrogens with one attached hydrogen (secondary N) is 1. The molecule has 2 aliphatic rings. The summed E-state index contributed by atoms with van der Waals surface area (Å²) in [5.41, 5.74) is -0.236. The topological polar surface area (TPSA) is 80.5 Å². The van der Waals surface area contributed by atoms with E-state index in [0.717, 1.165) is 31.9 Å². The minimum Gasteiger partial charge on any atom is -0.381 e. The van der Waals surface area contributed by atoms with Crippen molar-refractivity contribution >= 4 is 6.03 Å². The minimum absolute atomic E-state index is 0.0211. The van der Waals surface area contributed by atoms with Gasteiger partial charge in [-0.1, -0.05) is 18.0 Å². The Morgan fingerprint density at radius 3 is 2.78 bits per heavy atom. The number of ether oxygens (including phenoxy) is 1. The molecule has 0 radical (unpaired) electrons. The fraction of sp³-hybridized carbons (Fsp3) is 0.850. The number of likely N-dealkylation sites (tertiary alicyclic amines) is 1. The molecule has 2 amide bonds. The molecule has 7 heteroatoms. The van der Waals surface area contributed by atoms with Gasteiger partial charge in [-0.05, 0) is 52.4 Å². The van der Waals surface area contributed by atoms with Crippen LogP contribution in [0.15, 0.2) is 4.52 Å². The largest absolute Gasteiger partial charge is 0.381 e. The summed E-state index contributed by atoms with van der Waals surface area (Å²) in [4.78, 5) is 18.8. The highest BCUT2D eigenvalue weighted by atomic mass is 16.5. The van der Waals surface area contributed by atoms with E-state index in [4.69, 9.17) is 9.26 Å². The first-order valence-corrected chi connectivity index (χ1v) is 10.4. The number of amides is 2. The van der Waals surface area contributed by atoms with Crippen molar-refractivity contribution < 1.29 is 14.1 Å². The smallest absolute Gasteiger partial charge is 0.317 e. The van der Waals surface area contributed by atoms with Crippen molar-refractivity contribution in [1.82, 2.24) is 20.4 Å². The molecule has 1 atom stereocenters. The zero-order valence-corrected chi connectivity index (χ0v) is 17.0. The lowest BCUT2D eigenvalue weighted by molar-refractivity contribution is 0.102. The van der Waals surface area contributed by atoms with Crippen LogP contribution in [0.1, 0.15) is 76.9 Å². The van der Waals surface area contributed by atoms with Crippen LogP contribution in [0.4, 0.5) is 4.79 Å². The average molecular weight is 379 g/mol. The summed E-state index contributed by atoms with van der Waals surface area (Å²) in [7, 11) is 0. The molecule has 27 heavy (non-hydrogen) atoms. The zero-order chi connectivity index (χ0) is 19.3. The molecular weight excluding hydrogens is 344 g/mol. The number of carbonyl (C=O) groups excluding carboxylic acids is 1. The fourth-order valence-corrected chi connectivity index (χ4v) is 3.89. The quantitative estimate of drug-likeness (QED) is 0.766. The number of carbonyl (C=O) groups is 1. The van der Waals surface area contributed by atoms with E-state index >= 15 is 0 Å². The Hall–Kier alpha value is -1.63. The third kappa shape index (κ3) is 6.19. The minimum atomic E-state index is -0.236. The maximum atomic E-state index is 12.4. The molecule has 1 aromatic rings. The van der Waals surface area contributed by atoms with E-state index in [2.05, 4.69) is 15.5 Å². The molecule has 1 aliphatic carbocycles. The van der Waals surface area contributed by atoms with Crippen LogP contribution in [0.5, 0.6) is 0 Å². The predicted molar refractivity (Wildman–Crippen MR) is 103 cm³/mol. The van der Waals surface area contributed by atoms with E-state index in [0.29, 0.717) is 31.3 Å². The normalized spacial score (nSPS) is 21.6. The molecule has 1 N–H and O–H groups in total. The highest BCUT2D eigenvalue weighted by Gasteiger charge is 2.29. The Morgan fingerprint density at radius 2 is 2.04 bits per heavy atom. The first kappa shape index (κ1) is 20.1. The van der Waals surface area contributed by atoms with Crippen molar-refractivity contribution in [2.24, 2.45) is 5.92 Å². The third-order valence-electron chi connectivity index (χ3n) is 5.32. The van der Waals surface area contributed by atoms with Crippen LogP contribution < -0.4 is 5.32 Å². The molecule has 7 nitrogen and oxygen atoms in total. The second kappa shape index (κ2) is 9.04. The Kier molecular flexibility index (Phi) is 6.73. The molecule has 1 unspecified atom stereocenters. The first-order valence-electron chi connectivity index (χ1n) is 10.4. The number of hydrogen-bond donors (Lipinski definition) is 1. The Bertz CT molecular complexity index is 605. The molecule has 3 rings (SSSR count). The summed E-state index contributed by atoms with van der Waals surface area (Å²) in [6.45, 7) is 8.86. The lowest BCUT2D eigenvalue weighted by Gasteiger charge is -2.33. The highest BCUT2D eigenvalue weighted by Crippen LogP contribution is 2.26. The second-order valence-electron chi connectivity index (χ2n) is 8.99. The molecule has 2 fully saturated rings. The summed E-state index contributed by atoms with van der Waals surface area (Å²) in [5.74, 6) is 2.20. The van der Waals surface area contributed by atoms with Gasteiger partial charge in [0.1, 0.15) is 0 Å². The van der Waals surface area contributed by atoms with Gasteiger partial charge in [-0.25, -0.2) is 4.79 Å². The van der Waals surface area contributed by atoms with Crippen LogP contribution in [0.3, 0.4) is 0 Å². The Morgan fingerprint density at radius 1 is 1.26 bits per heavy atom. The maximum Gasteiger partial charge on any atom is 0.317 e. The molecule has 1 aromatic heterocycles. The van der Waals surface area contributed by atoms with Gasteiger partial charge in [0.05, 0.1) is 12.5 Å². The van der Waals surface area contributed by atoms with Crippen molar-refractivity contribution in [3.63, 3.8) is 0 Å². The second-order valence-corrected chi connectivity index (χ2v) is 8.99. The van der Waals surface area contributed by atoms with Crippen LogP contribution in [0, 0.1) is 5.92 Å². The van der Waals surface area contributed by atoms with Gasteiger partial charge in [0, 0.05) is 31.7 Å². The van der Waals surface area contributed by atoms with Gasteiger partial charge in [0.15, 0.2) is 5.82 Å². The summed E-state index contributed by atoms with van der Waals surface area (Å²) in [5, 5.41) is 7.13. The van der Waals surface area contributed by atoms with Gasteiger partial charge in [-0.15, -0.1) is 0 Å². The van der Waals surface area contributed by atoms with Gasteiger partial charge in [-0.2, -0.15) is 4.98 Å². The number of urea groups is 1. The van der Waals surface area contributed by atoms with Crippen LogP contribution in [0.2, 0.25) is 0 Å². The van der Waals surface area contributed by atoms with Crippen LogP contribution in [-0.2, 0) is 11.2 Å². The highest BCUT2D eigenvalue weighted by molar-refractivity contribution is 5.75. The van der Waals surface area contributed by atoms with Gasteiger partial charge < -0.3 is 19.5 Å². The van der Waals surface area contributed by atoms with Crippen LogP contribution in [-0.4, -0.2) is 52.9 Å². The zero-order valence-electron chi connectivity index (χ0n) is 17.0. The van der Waals surface area contributed by atoms with Gasteiger partial charge in [0.2, 0.25) is 5.89 Å². The average Bonchev–Trinajstić information content (AvgIpc) is 3.29. The van der Waals surface area contributed by atoms with Crippen molar-refractivity contribution in [2.45, 2.75) is 77.2 Å². The molecule has 1 saturated carbocycles. The Labute approximate surface area is 162 Å². The van der Waals surface area contributed by atoms with E-state index in [-0.39, 0.29) is 17.5 Å². The lowest BCUT2D eigenvalue weighted by Crippen LogP contribution is -2.51. The van der Waals surface area contributed by atoms with Gasteiger partial charge in [-0.3, -0.25) is 0 Å². The number of hydrogen-bond acceptors (Lipinski definition) is 5. The SMILES string of the molecule is CC(C)(C)NC(=O)N1CCCC(c2nc(CCOCC3CCCC3)no2)C1. The number of aromatic nitrogens is 2. The van der Waals surface area contributed by atoms with Gasteiger partial charge >= 0.3 is 6.03 Å². The summed E-state index contributed by atoms with van der Waals surface area (Å²) < 4.78 is 11.3. The van der Waals surface area contributed by atoms with E-state index in [1.807, 2.05) is 25.7 Å². The molecule has 152 valence electrons. The predicted octanol–water partition coefficient (Wildman–Crippen LogP) is 3.51. The summed E-state index contributed by atoms with van der Waals surface area (Å²) >= 11 is 0. The van der Waals surface area contributed by atoms with E-state index in [1.54, 1.807) is 0 Å². The monoisotopic (exact) mass is 378 g/mol. The van der Waals surface area contributed by atoms with Gasteiger partial charge in [0.25, 0.3) is 0 Å². The lowest BCUT2D eigenvalue weighted by atomic mass is 9.98. The van der Waals surface area contributed by atoms with Crippen molar-refractivity contribution in [1.29, 1.82) is 0 Å². The van der Waals surface area contributed by atoms with E-state index in [9.17, 15) is 4.79 Å². The Balaban J connectivity index is 1.44. The summed E-state index contributed by atoms with van der Waals surface area (Å²) in [6, 6.07) is -0.0211. The molecule has 0 spiro atoms. The van der Waals surface area contributed by atoms with Crippen LogP contribution >= 0.6 is 0 Å². The molecule has 1 saturated heterocycles. The van der Waals surface area contributed by atoms with Crippen LogP contribution in [0.25, 0.3) is 0 Å². The molecule has 0 bridgehead atoms. The molecule has 0 aromatic carbocycles. The molecular formula is C20H34N4O3. The van der Waals surface area contributed by atoms with E-state index in [1.165, 1.54) is 25.7 Å². The summed E-state index contributed by atoms with van der Waals surface area (Å²) in [6.07, 6.45) is 7.88. The first-order chi connectivity index (χ1) is 12.9. The van der Waals surface area contributed by atoms with E-state index < -0.39 is 0 Å². The fourth-order valence-electron chi connectivity index (χ4n) is 3.89. The maximum absolute atomic E-state index is 12.4. The number of nitrogens with zero attached hydrogens (tertiary/aromatic N) is 3. The van der Waals surface area contributed by atoms with Crippen molar-refractivity contribution in [3.05, 3.63) is 11.7 Å². The standard InChI is InChI=1S/C20H34N4O3/c1-20(2,3)22-19(25)24-11-6-9-16(13-24)18-21-17(23-27-18)10-12-26-14-15-7-4-5-8-15/h15-16H,4-14H2,1-3H3,(H,22,25). The number of piperidine rings is 1. The molecule has 2 heterocycles.